The first-order valence-electron chi connectivity index (χ1n) is 8.01. The third-order valence-corrected chi connectivity index (χ3v) is 3.89. The summed E-state index contributed by atoms with van der Waals surface area (Å²) in [6, 6.07) is 10.5. The van der Waals surface area contributed by atoms with Gasteiger partial charge in [-0.25, -0.2) is 9.59 Å². The van der Waals surface area contributed by atoms with Crippen molar-refractivity contribution in [2.75, 3.05) is 5.73 Å². The van der Waals surface area contributed by atoms with Crippen molar-refractivity contribution >= 4 is 29.3 Å². The van der Waals surface area contributed by atoms with Gasteiger partial charge in [-0.2, -0.15) is 0 Å². The van der Waals surface area contributed by atoms with E-state index in [1.165, 1.54) is 16.7 Å². The highest BCUT2D eigenvalue weighted by atomic mass is 16.4. The number of carboxylic acids is 2. The van der Waals surface area contributed by atoms with Gasteiger partial charge in [0, 0.05) is 24.0 Å². The van der Waals surface area contributed by atoms with Gasteiger partial charge in [0.25, 0.3) is 0 Å². The lowest BCUT2D eigenvalue weighted by atomic mass is 9.90. The van der Waals surface area contributed by atoms with Crippen LogP contribution in [0.5, 0.6) is 0 Å². The maximum Gasteiger partial charge on any atom is 0.328 e. The van der Waals surface area contributed by atoms with Gasteiger partial charge in [-0.1, -0.05) is 24.3 Å². The average molecular weight is 352 g/mol. The van der Waals surface area contributed by atoms with Gasteiger partial charge in [0.1, 0.15) is 0 Å². The van der Waals surface area contributed by atoms with Crippen LogP contribution in [0.1, 0.15) is 28.8 Å². The Morgan fingerprint density at radius 1 is 1.12 bits per heavy atom. The zero-order valence-corrected chi connectivity index (χ0v) is 14.3. The van der Waals surface area contributed by atoms with E-state index in [-0.39, 0.29) is 0 Å². The molecule has 1 aromatic heterocycles. The number of rotatable bonds is 3. The Balaban J connectivity index is 0.000000260. The van der Waals surface area contributed by atoms with Crippen LogP contribution in [-0.2, 0) is 16.0 Å². The third-order valence-electron chi connectivity index (χ3n) is 3.89. The quantitative estimate of drug-likeness (QED) is 0.731. The van der Waals surface area contributed by atoms with Crippen molar-refractivity contribution in [1.82, 2.24) is 4.98 Å². The number of anilines is 1. The Bertz CT molecular complexity index is 869. The van der Waals surface area contributed by atoms with Gasteiger partial charge in [0.15, 0.2) is 0 Å². The van der Waals surface area contributed by atoms with E-state index in [0.717, 1.165) is 29.8 Å². The SMILES string of the molecule is Cc1cnc(C2=Cc3ccccc3CC2)cc1N.O=C(O)/C=C/C(=O)O. The Morgan fingerprint density at radius 3 is 2.38 bits per heavy atom. The summed E-state index contributed by atoms with van der Waals surface area (Å²) in [6.07, 6.45) is 7.32. The molecule has 0 atom stereocenters. The Hall–Kier alpha value is -3.41. The molecule has 0 saturated heterocycles. The summed E-state index contributed by atoms with van der Waals surface area (Å²) in [7, 11) is 0. The van der Waals surface area contributed by atoms with Gasteiger partial charge in [0.05, 0.1) is 5.69 Å². The Kier molecular flexibility index (Phi) is 6.27. The number of aliphatic carboxylic acids is 2. The highest BCUT2D eigenvalue weighted by Crippen LogP contribution is 2.30. The number of allylic oxidation sites excluding steroid dienone is 1. The van der Waals surface area contributed by atoms with Crippen molar-refractivity contribution in [1.29, 1.82) is 0 Å². The van der Waals surface area contributed by atoms with Crippen LogP contribution >= 0.6 is 0 Å². The molecule has 26 heavy (non-hydrogen) atoms. The van der Waals surface area contributed by atoms with E-state index in [9.17, 15) is 9.59 Å². The zero-order chi connectivity index (χ0) is 19.1. The number of hydrogen-bond acceptors (Lipinski definition) is 4. The molecule has 1 aliphatic carbocycles. The number of carbonyl (C=O) groups is 2. The van der Waals surface area contributed by atoms with Crippen LogP contribution in [0.15, 0.2) is 48.7 Å². The smallest absolute Gasteiger partial charge is 0.328 e. The van der Waals surface area contributed by atoms with E-state index in [0.29, 0.717) is 12.2 Å². The van der Waals surface area contributed by atoms with Crippen molar-refractivity contribution < 1.29 is 19.8 Å². The zero-order valence-electron chi connectivity index (χ0n) is 14.3. The summed E-state index contributed by atoms with van der Waals surface area (Å²) in [6.45, 7) is 1.98. The number of aryl methyl sites for hydroxylation is 2. The van der Waals surface area contributed by atoms with E-state index in [4.69, 9.17) is 15.9 Å². The molecule has 0 amide bonds. The van der Waals surface area contributed by atoms with E-state index in [1.807, 2.05) is 19.2 Å². The fourth-order valence-electron chi connectivity index (χ4n) is 2.49. The Morgan fingerprint density at radius 2 is 1.77 bits per heavy atom. The van der Waals surface area contributed by atoms with Crippen LogP contribution in [0, 0.1) is 6.92 Å². The fraction of sp³-hybridized carbons (Fsp3) is 0.150. The second kappa shape index (κ2) is 8.62. The van der Waals surface area contributed by atoms with Crippen LogP contribution < -0.4 is 5.73 Å². The number of pyridine rings is 1. The predicted octanol–water partition coefficient (Wildman–Crippen LogP) is 3.17. The number of nitrogens with two attached hydrogens (primary N) is 1. The summed E-state index contributed by atoms with van der Waals surface area (Å²) in [4.78, 5) is 23.6. The van der Waals surface area contributed by atoms with Crippen molar-refractivity contribution in [3.8, 4) is 0 Å². The number of fused-ring (bicyclic) bond motifs is 1. The van der Waals surface area contributed by atoms with Crippen molar-refractivity contribution in [2.24, 2.45) is 0 Å². The molecule has 0 radical (unpaired) electrons. The van der Waals surface area contributed by atoms with Crippen LogP contribution in [0.4, 0.5) is 5.69 Å². The minimum Gasteiger partial charge on any atom is -0.478 e. The van der Waals surface area contributed by atoms with Crippen molar-refractivity contribution in [3.05, 3.63) is 71.1 Å². The molecular formula is C20H20N2O4. The van der Waals surface area contributed by atoms with Gasteiger partial charge < -0.3 is 15.9 Å². The molecule has 6 heteroatoms. The largest absolute Gasteiger partial charge is 0.478 e. The molecule has 1 aromatic carbocycles. The number of carboxylic acid groups (broad SMARTS) is 2. The van der Waals surface area contributed by atoms with Crippen molar-refractivity contribution in [3.63, 3.8) is 0 Å². The van der Waals surface area contributed by atoms with Crippen LogP contribution in [-0.4, -0.2) is 27.1 Å². The lowest BCUT2D eigenvalue weighted by Gasteiger charge is -2.16. The highest BCUT2D eigenvalue weighted by Gasteiger charge is 2.12. The van der Waals surface area contributed by atoms with E-state index in [2.05, 4.69) is 35.3 Å². The monoisotopic (exact) mass is 352 g/mol. The predicted molar refractivity (Wildman–Crippen MR) is 100 cm³/mol. The summed E-state index contributed by atoms with van der Waals surface area (Å²) >= 11 is 0. The van der Waals surface area contributed by atoms with Crippen LogP contribution in [0.25, 0.3) is 11.6 Å². The van der Waals surface area contributed by atoms with Gasteiger partial charge in [-0.05, 0) is 54.2 Å². The molecule has 0 saturated carbocycles. The molecule has 0 bridgehead atoms. The van der Waals surface area contributed by atoms with E-state index >= 15 is 0 Å². The number of nitrogens with zero attached hydrogens (tertiary/aromatic N) is 1. The summed E-state index contributed by atoms with van der Waals surface area (Å²) < 4.78 is 0. The standard InChI is InChI=1S/C16H16N2.C4H4O4/c1-11-10-18-16(9-15(11)17)14-7-6-12-4-2-3-5-13(12)8-14;5-3(6)1-2-4(7)8/h2-5,8-10H,6-7H2,1H3,(H2,17,18);1-2H,(H,5,6)(H,7,8)/b;2-1+. The molecule has 1 aliphatic rings. The molecule has 0 fully saturated rings. The molecule has 134 valence electrons. The molecule has 3 rings (SSSR count). The van der Waals surface area contributed by atoms with E-state index in [1.54, 1.807) is 0 Å². The second-order valence-electron chi connectivity index (χ2n) is 5.80. The third kappa shape index (κ3) is 5.31. The molecule has 4 N–H and O–H groups in total. The lowest BCUT2D eigenvalue weighted by molar-refractivity contribution is -0.134. The molecule has 0 unspecified atom stereocenters. The minimum atomic E-state index is -1.26. The average Bonchev–Trinajstić information content (AvgIpc) is 2.62. The number of hydrogen-bond donors (Lipinski definition) is 3. The first-order chi connectivity index (χ1) is 12.4. The molecule has 6 nitrogen and oxygen atoms in total. The molecular weight excluding hydrogens is 332 g/mol. The van der Waals surface area contributed by atoms with Crippen LogP contribution in [0.2, 0.25) is 0 Å². The first-order valence-corrected chi connectivity index (χ1v) is 8.01. The highest BCUT2D eigenvalue weighted by molar-refractivity contribution is 5.89. The van der Waals surface area contributed by atoms with Gasteiger partial charge in [0.2, 0.25) is 0 Å². The molecule has 0 spiro atoms. The number of nitrogen functional groups attached to an aromatic ring is 1. The fourth-order valence-corrected chi connectivity index (χ4v) is 2.49. The summed E-state index contributed by atoms with van der Waals surface area (Å²) in [5.41, 5.74) is 12.8. The maximum absolute atomic E-state index is 9.55. The van der Waals surface area contributed by atoms with Gasteiger partial charge in [-0.15, -0.1) is 0 Å². The second-order valence-corrected chi connectivity index (χ2v) is 5.80. The lowest BCUT2D eigenvalue weighted by Crippen LogP contribution is -2.01. The van der Waals surface area contributed by atoms with Gasteiger partial charge >= 0.3 is 11.9 Å². The topological polar surface area (TPSA) is 114 Å². The van der Waals surface area contributed by atoms with Crippen molar-refractivity contribution in [2.45, 2.75) is 19.8 Å². The first kappa shape index (κ1) is 18.9. The molecule has 2 aromatic rings. The molecule has 0 aliphatic heterocycles. The molecule has 1 heterocycles. The van der Waals surface area contributed by atoms with E-state index < -0.39 is 11.9 Å². The van der Waals surface area contributed by atoms with Crippen LogP contribution in [0.3, 0.4) is 0 Å². The summed E-state index contributed by atoms with van der Waals surface area (Å²) in [5.74, 6) is -2.51. The number of benzene rings is 1. The normalized spacial score (nSPS) is 12.6. The maximum atomic E-state index is 9.55. The number of aromatic nitrogens is 1. The Labute approximate surface area is 151 Å². The summed E-state index contributed by atoms with van der Waals surface area (Å²) in [5, 5.41) is 15.6. The minimum absolute atomic E-state index is 0.558. The van der Waals surface area contributed by atoms with Gasteiger partial charge in [-0.3, -0.25) is 4.98 Å².